The molecule has 0 radical (unpaired) electrons. The van der Waals surface area contributed by atoms with Crippen molar-refractivity contribution in [1.82, 2.24) is 4.57 Å². The Morgan fingerprint density at radius 2 is 2.00 bits per heavy atom. The van der Waals surface area contributed by atoms with Crippen molar-refractivity contribution in [2.24, 2.45) is 7.05 Å². The van der Waals surface area contributed by atoms with Crippen LogP contribution < -0.4 is 0 Å². The maximum atomic E-state index is 9.98. The summed E-state index contributed by atoms with van der Waals surface area (Å²) in [6.07, 6.45) is 3.41. The van der Waals surface area contributed by atoms with E-state index in [1.807, 2.05) is 19.2 Å². The molecule has 86 valence electrons. The Labute approximate surface area is 96.5 Å². The number of phenols is 1. The van der Waals surface area contributed by atoms with Crippen molar-refractivity contribution in [3.05, 3.63) is 29.5 Å². The molecule has 1 aromatic carbocycles. The molecule has 16 heavy (non-hydrogen) atoms. The van der Waals surface area contributed by atoms with Crippen molar-refractivity contribution in [3.8, 4) is 5.75 Å². The fourth-order valence-electron chi connectivity index (χ4n) is 2.13. The number of unbranched alkanes of at least 4 members (excludes halogenated alkanes) is 1. The SMILES string of the molecule is CCCCc1cc(O)c2cc(C)n(C)c2c1. The number of nitrogens with zero attached hydrogens (tertiary/aromatic N) is 1. The molecule has 0 fully saturated rings. The van der Waals surface area contributed by atoms with Crippen molar-refractivity contribution in [2.45, 2.75) is 33.1 Å². The van der Waals surface area contributed by atoms with E-state index in [1.54, 1.807) is 0 Å². The minimum Gasteiger partial charge on any atom is -0.507 e. The topological polar surface area (TPSA) is 25.2 Å². The van der Waals surface area contributed by atoms with Crippen LogP contribution in [0, 0.1) is 6.92 Å². The lowest BCUT2D eigenvalue weighted by molar-refractivity contribution is 0.481. The Hall–Kier alpha value is -1.44. The van der Waals surface area contributed by atoms with Gasteiger partial charge in [0, 0.05) is 18.1 Å². The highest BCUT2D eigenvalue weighted by atomic mass is 16.3. The molecular weight excluding hydrogens is 198 g/mol. The third kappa shape index (κ3) is 1.80. The summed E-state index contributed by atoms with van der Waals surface area (Å²) in [5.74, 6) is 0.410. The minimum absolute atomic E-state index is 0.410. The number of fused-ring (bicyclic) bond motifs is 1. The Kier molecular flexibility index (Phi) is 2.90. The third-order valence-corrected chi connectivity index (χ3v) is 3.26. The van der Waals surface area contributed by atoms with Crippen LogP contribution in [0.5, 0.6) is 5.75 Å². The van der Waals surface area contributed by atoms with Crippen LogP contribution in [0.3, 0.4) is 0 Å². The zero-order valence-electron chi connectivity index (χ0n) is 10.2. The van der Waals surface area contributed by atoms with E-state index in [0.29, 0.717) is 5.75 Å². The molecule has 0 aliphatic heterocycles. The zero-order valence-corrected chi connectivity index (χ0v) is 10.2. The molecule has 0 saturated heterocycles. The first-order chi connectivity index (χ1) is 7.63. The molecule has 2 heteroatoms. The average molecular weight is 217 g/mol. The van der Waals surface area contributed by atoms with E-state index in [1.165, 1.54) is 24.1 Å². The highest BCUT2D eigenvalue weighted by molar-refractivity contribution is 5.87. The molecule has 2 rings (SSSR count). The summed E-state index contributed by atoms with van der Waals surface area (Å²) in [5, 5.41) is 10.9. The first kappa shape index (κ1) is 11.1. The molecule has 0 spiro atoms. The monoisotopic (exact) mass is 217 g/mol. The van der Waals surface area contributed by atoms with Gasteiger partial charge in [-0.05, 0) is 43.5 Å². The molecule has 1 N–H and O–H groups in total. The van der Waals surface area contributed by atoms with Crippen molar-refractivity contribution >= 4 is 10.9 Å². The second-order valence-electron chi connectivity index (χ2n) is 4.50. The van der Waals surface area contributed by atoms with E-state index in [2.05, 4.69) is 24.5 Å². The Morgan fingerprint density at radius 3 is 2.69 bits per heavy atom. The third-order valence-electron chi connectivity index (χ3n) is 3.26. The molecule has 0 amide bonds. The van der Waals surface area contributed by atoms with Gasteiger partial charge in [-0.15, -0.1) is 0 Å². The van der Waals surface area contributed by atoms with Gasteiger partial charge >= 0.3 is 0 Å². The van der Waals surface area contributed by atoms with Crippen LogP contribution in [0.2, 0.25) is 0 Å². The second-order valence-corrected chi connectivity index (χ2v) is 4.50. The molecule has 0 aliphatic rings. The molecule has 2 aromatic rings. The summed E-state index contributed by atoms with van der Waals surface area (Å²) in [7, 11) is 2.04. The Balaban J connectivity index is 2.52. The molecule has 0 atom stereocenters. The molecule has 0 saturated carbocycles. The maximum Gasteiger partial charge on any atom is 0.125 e. The average Bonchev–Trinajstić information content (AvgIpc) is 2.54. The van der Waals surface area contributed by atoms with Crippen LogP contribution in [-0.4, -0.2) is 9.67 Å². The van der Waals surface area contributed by atoms with Crippen LogP contribution in [-0.2, 0) is 13.5 Å². The van der Waals surface area contributed by atoms with Gasteiger partial charge in [-0.1, -0.05) is 13.3 Å². The van der Waals surface area contributed by atoms with Gasteiger partial charge in [0.05, 0.1) is 5.52 Å². The predicted molar refractivity (Wildman–Crippen MR) is 67.9 cm³/mol. The predicted octanol–water partition coefficient (Wildman–Crippen LogP) is 3.53. The number of aryl methyl sites for hydroxylation is 3. The number of benzene rings is 1. The lowest BCUT2D eigenvalue weighted by atomic mass is 10.1. The standard InChI is InChI=1S/C14H19NO/c1-4-5-6-11-8-13-12(14(16)9-11)7-10(2)15(13)3/h7-9,16H,4-6H2,1-3H3. The Morgan fingerprint density at radius 1 is 1.25 bits per heavy atom. The smallest absolute Gasteiger partial charge is 0.125 e. The number of phenolic OH excluding ortho intramolecular Hbond substituents is 1. The molecule has 2 nitrogen and oxygen atoms in total. The van der Waals surface area contributed by atoms with Gasteiger partial charge in [0.15, 0.2) is 0 Å². The van der Waals surface area contributed by atoms with E-state index in [0.717, 1.165) is 17.3 Å². The number of rotatable bonds is 3. The first-order valence-corrected chi connectivity index (χ1v) is 5.91. The second kappa shape index (κ2) is 4.20. The molecule has 1 heterocycles. The van der Waals surface area contributed by atoms with Crippen LogP contribution >= 0.6 is 0 Å². The first-order valence-electron chi connectivity index (χ1n) is 5.91. The fourth-order valence-corrected chi connectivity index (χ4v) is 2.13. The molecular formula is C14H19NO. The van der Waals surface area contributed by atoms with E-state index in [9.17, 15) is 5.11 Å². The number of hydrogen-bond acceptors (Lipinski definition) is 1. The molecule has 0 bridgehead atoms. The van der Waals surface area contributed by atoms with E-state index in [-0.39, 0.29) is 0 Å². The van der Waals surface area contributed by atoms with Gasteiger partial charge < -0.3 is 9.67 Å². The number of hydrogen-bond donors (Lipinski definition) is 1. The van der Waals surface area contributed by atoms with Gasteiger partial charge in [0.25, 0.3) is 0 Å². The van der Waals surface area contributed by atoms with E-state index < -0.39 is 0 Å². The maximum absolute atomic E-state index is 9.98. The van der Waals surface area contributed by atoms with E-state index in [4.69, 9.17) is 0 Å². The molecule has 0 aliphatic carbocycles. The summed E-state index contributed by atoms with van der Waals surface area (Å²) < 4.78 is 2.13. The van der Waals surface area contributed by atoms with Crippen molar-refractivity contribution in [2.75, 3.05) is 0 Å². The van der Waals surface area contributed by atoms with Gasteiger partial charge in [-0.2, -0.15) is 0 Å². The summed E-state index contributed by atoms with van der Waals surface area (Å²) in [5.41, 5.74) is 3.54. The van der Waals surface area contributed by atoms with Gasteiger partial charge in [-0.3, -0.25) is 0 Å². The minimum atomic E-state index is 0.410. The number of aromatic nitrogens is 1. The quantitative estimate of drug-likeness (QED) is 0.835. The van der Waals surface area contributed by atoms with Crippen molar-refractivity contribution in [1.29, 1.82) is 0 Å². The van der Waals surface area contributed by atoms with E-state index >= 15 is 0 Å². The summed E-state index contributed by atoms with van der Waals surface area (Å²) >= 11 is 0. The number of aromatic hydroxyl groups is 1. The lowest BCUT2D eigenvalue weighted by Gasteiger charge is -2.05. The normalized spacial score (nSPS) is 11.2. The fraction of sp³-hybridized carbons (Fsp3) is 0.429. The highest BCUT2D eigenvalue weighted by Gasteiger charge is 2.08. The summed E-state index contributed by atoms with van der Waals surface area (Å²) in [6.45, 7) is 4.25. The van der Waals surface area contributed by atoms with Crippen LogP contribution in [0.4, 0.5) is 0 Å². The van der Waals surface area contributed by atoms with Gasteiger partial charge in [0.1, 0.15) is 5.75 Å². The van der Waals surface area contributed by atoms with Crippen molar-refractivity contribution < 1.29 is 5.11 Å². The van der Waals surface area contributed by atoms with Crippen LogP contribution in [0.25, 0.3) is 10.9 Å². The molecule has 0 unspecified atom stereocenters. The van der Waals surface area contributed by atoms with Gasteiger partial charge in [-0.25, -0.2) is 0 Å². The Bertz CT molecular complexity index is 511. The highest BCUT2D eigenvalue weighted by Crippen LogP contribution is 2.29. The van der Waals surface area contributed by atoms with Crippen LogP contribution in [0.15, 0.2) is 18.2 Å². The summed E-state index contributed by atoms with van der Waals surface area (Å²) in [4.78, 5) is 0. The van der Waals surface area contributed by atoms with Crippen molar-refractivity contribution in [3.63, 3.8) is 0 Å². The largest absolute Gasteiger partial charge is 0.507 e. The lowest BCUT2D eigenvalue weighted by Crippen LogP contribution is -1.91. The van der Waals surface area contributed by atoms with Crippen LogP contribution in [0.1, 0.15) is 31.0 Å². The van der Waals surface area contributed by atoms with Gasteiger partial charge in [0.2, 0.25) is 0 Å². The molecule has 1 aromatic heterocycles. The summed E-state index contributed by atoms with van der Waals surface area (Å²) in [6, 6.07) is 6.13. The zero-order chi connectivity index (χ0) is 11.7.